The maximum atomic E-state index is 10.2. The van der Waals surface area contributed by atoms with Gasteiger partial charge in [0.1, 0.15) is 0 Å². The van der Waals surface area contributed by atoms with Crippen LogP contribution in [0.1, 0.15) is 0 Å². The van der Waals surface area contributed by atoms with Crippen LogP contribution in [-0.4, -0.2) is 11.1 Å². The normalized spacial score (nSPS) is 10.4. The van der Waals surface area contributed by atoms with Crippen molar-refractivity contribution in [3.05, 3.63) is 40.0 Å². The zero-order valence-electron chi connectivity index (χ0n) is 7.00. The van der Waals surface area contributed by atoms with Crippen molar-refractivity contribution >= 4 is 39.2 Å². The summed E-state index contributed by atoms with van der Waals surface area (Å²) in [6.07, 6.45) is 2.31. The quantitative estimate of drug-likeness (QED) is 0.834. The molecule has 5 heteroatoms. The summed E-state index contributed by atoms with van der Waals surface area (Å²) < 4.78 is 0.869. The van der Waals surface area contributed by atoms with E-state index < -0.39 is 5.97 Å². The van der Waals surface area contributed by atoms with Gasteiger partial charge in [-0.1, -0.05) is 27.5 Å². The minimum atomic E-state index is -1.01. The predicted octanol–water partition coefficient (Wildman–Crippen LogP) is 3.11. The van der Waals surface area contributed by atoms with Gasteiger partial charge in [0.05, 0.1) is 10.7 Å². The van der Waals surface area contributed by atoms with Crippen molar-refractivity contribution < 1.29 is 9.90 Å². The van der Waals surface area contributed by atoms with Crippen molar-refractivity contribution in [2.24, 2.45) is 0 Å². The van der Waals surface area contributed by atoms with Gasteiger partial charge in [0.2, 0.25) is 0 Å². The van der Waals surface area contributed by atoms with Crippen LogP contribution < -0.4 is 5.32 Å². The molecule has 1 aromatic carbocycles. The average Bonchev–Trinajstić information content (AvgIpc) is 2.10. The Hall–Kier alpha value is -1.000. The van der Waals surface area contributed by atoms with Crippen molar-refractivity contribution in [3.63, 3.8) is 0 Å². The minimum absolute atomic E-state index is 0.531. The van der Waals surface area contributed by atoms with Gasteiger partial charge in [-0.15, -0.1) is 0 Å². The Bertz CT molecular complexity index is 379. The Kier molecular flexibility index (Phi) is 3.98. The third kappa shape index (κ3) is 3.40. The molecule has 0 aliphatic carbocycles. The number of carboxylic acid groups (broad SMARTS) is 1. The molecule has 0 spiro atoms. The van der Waals surface area contributed by atoms with Gasteiger partial charge in [-0.05, 0) is 18.2 Å². The van der Waals surface area contributed by atoms with Gasteiger partial charge in [0.15, 0.2) is 0 Å². The number of aliphatic carboxylic acids is 1. The Morgan fingerprint density at radius 2 is 2.29 bits per heavy atom. The second kappa shape index (κ2) is 5.02. The Morgan fingerprint density at radius 3 is 2.93 bits per heavy atom. The summed E-state index contributed by atoms with van der Waals surface area (Å²) in [5.74, 6) is -1.01. The molecule has 0 atom stereocenters. The van der Waals surface area contributed by atoms with E-state index >= 15 is 0 Å². The first-order chi connectivity index (χ1) is 6.59. The number of hydrogen-bond acceptors (Lipinski definition) is 2. The summed E-state index contributed by atoms with van der Waals surface area (Å²) in [5, 5.41) is 11.6. The first-order valence-electron chi connectivity index (χ1n) is 3.70. The van der Waals surface area contributed by atoms with Crippen LogP contribution in [0.2, 0.25) is 5.02 Å². The summed E-state index contributed by atoms with van der Waals surface area (Å²) in [6, 6.07) is 5.27. The van der Waals surface area contributed by atoms with E-state index in [0.717, 1.165) is 10.5 Å². The molecule has 14 heavy (non-hydrogen) atoms. The van der Waals surface area contributed by atoms with E-state index in [9.17, 15) is 4.79 Å². The number of anilines is 1. The SMILES string of the molecule is O=C(O)/C=C/Nc1cc(Br)ccc1Cl. The van der Waals surface area contributed by atoms with Gasteiger partial charge in [-0.2, -0.15) is 0 Å². The Balaban J connectivity index is 2.76. The lowest BCUT2D eigenvalue weighted by Gasteiger charge is -2.03. The highest BCUT2D eigenvalue weighted by molar-refractivity contribution is 9.10. The Morgan fingerprint density at radius 1 is 1.57 bits per heavy atom. The lowest BCUT2D eigenvalue weighted by Crippen LogP contribution is -1.92. The predicted molar refractivity (Wildman–Crippen MR) is 59.6 cm³/mol. The number of hydrogen-bond donors (Lipinski definition) is 2. The Labute approximate surface area is 94.5 Å². The summed E-state index contributed by atoms with van der Waals surface area (Å²) >= 11 is 9.12. The van der Waals surface area contributed by atoms with Crippen LogP contribution in [0.4, 0.5) is 5.69 Å². The van der Waals surface area contributed by atoms with Crippen LogP contribution in [0.3, 0.4) is 0 Å². The topological polar surface area (TPSA) is 49.3 Å². The van der Waals surface area contributed by atoms with E-state index in [-0.39, 0.29) is 0 Å². The van der Waals surface area contributed by atoms with Crippen LogP contribution in [0.25, 0.3) is 0 Å². The lowest BCUT2D eigenvalue weighted by atomic mass is 10.3. The van der Waals surface area contributed by atoms with E-state index in [1.165, 1.54) is 6.20 Å². The minimum Gasteiger partial charge on any atom is -0.478 e. The van der Waals surface area contributed by atoms with Crippen LogP contribution in [0.5, 0.6) is 0 Å². The molecule has 0 saturated heterocycles. The van der Waals surface area contributed by atoms with Crippen molar-refractivity contribution in [2.45, 2.75) is 0 Å². The molecular formula is C9H7BrClNO2. The van der Waals surface area contributed by atoms with Crippen molar-refractivity contribution in [2.75, 3.05) is 5.32 Å². The standard InChI is InChI=1S/C9H7BrClNO2/c10-6-1-2-7(11)8(5-6)12-4-3-9(13)14/h1-5,12H,(H,13,14)/b4-3+. The monoisotopic (exact) mass is 275 g/mol. The van der Waals surface area contributed by atoms with E-state index in [4.69, 9.17) is 16.7 Å². The van der Waals surface area contributed by atoms with Crippen LogP contribution in [-0.2, 0) is 4.79 Å². The third-order valence-electron chi connectivity index (χ3n) is 1.39. The van der Waals surface area contributed by atoms with Crippen LogP contribution in [0, 0.1) is 0 Å². The summed E-state index contributed by atoms with van der Waals surface area (Å²) in [5.41, 5.74) is 0.651. The lowest BCUT2D eigenvalue weighted by molar-refractivity contribution is -0.131. The largest absolute Gasteiger partial charge is 0.478 e. The number of nitrogens with one attached hydrogen (secondary N) is 1. The fraction of sp³-hybridized carbons (Fsp3) is 0. The molecule has 0 bridgehead atoms. The highest BCUT2D eigenvalue weighted by atomic mass is 79.9. The van der Waals surface area contributed by atoms with Crippen LogP contribution in [0.15, 0.2) is 34.9 Å². The average molecular weight is 277 g/mol. The zero-order valence-corrected chi connectivity index (χ0v) is 9.34. The van der Waals surface area contributed by atoms with Gasteiger partial charge in [0, 0.05) is 16.7 Å². The maximum Gasteiger partial charge on any atom is 0.329 e. The van der Waals surface area contributed by atoms with Gasteiger partial charge in [-0.3, -0.25) is 0 Å². The molecule has 0 unspecified atom stereocenters. The van der Waals surface area contributed by atoms with E-state index in [1.54, 1.807) is 18.2 Å². The molecule has 0 aliphatic heterocycles. The molecule has 0 fully saturated rings. The highest BCUT2D eigenvalue weighted by Gasteiger charge is 1.98. The molecule has 0 aliphatic rings. The molecule has 0 radical (unpaired) electrons. The van der Waals surface area contributed by atoms with Gasteiger partial charge >= 0.3 is 5.97 Å². The fourth-order valence-electron chi connectivity index (χ4n) is 0.811. The van der Waals surface area contributed by atoms with Gasteiger partial charge < -0.3 is 10.4 Å². The molecule has 1 rings (SSSR count). The molecule has 0 aromatic heterocycles. The maximum absolute atomic E-state index is 10.2. The van der Waals surface area contributed by atoms with E-state index in [1.807, 2.05) is 0 Å². The number of carbonyl (C=O) groups is 1. The van der Waals surface area contributed by atoms with E-state index in [0.29, 0.717) is 10.7 Å². The summed E-state index contributed by atoms with van der Waals surface area (Å²) in [7, 11) is 0. The second-order valence-electron chi connectivity index (χ2n) is 2.44. The fourth-order valence-corrected chi connectivity index (χ4v) is 1.34. The molecule has 74 valence electrons. The van der Waals surface area contributed by atoms with Crippen molar-refractivity contribution in [3.8, 4) is 0 Å². The van der Waals surface area contributed by atoms with E-state index in [2.05, 4.69) is 21.2 Å². The number of halogens is 2. The number of rotatable bonds is 3. The summed E-state index contributed by atoms with van der Waals surface area (Å²) in [6.45, 7) is 0. The van der Waals surface area contributed by atoms with Crippen LogP contribution >= 0.6 is 27.5 Å². The van der Waals surface area contributed by atoms with Crippen molar-refractivity contribution in [1.29, 1.82) is 0 Å². The smallest absolute Gasteiger partial charge is 0.329 e. The molecular weight excluding hydrogens is 269 g/mol. The first kappa shape index (κ1) is 11.1. The molecule has 2 N–H and O–H groups in total. The molecule has 1 aromatic rings. The summed E-state index contributed by atoms with van der Waals surface area (Å²) in [4.78, 5) is 10.2. The zero-order chi connectivity index (χ0) is 10.6. The molecule has 0 amide bonds. The molecule has 0 saturated carbocycles. The second-order valence-corrected chi connectivity index (χ2v) is 3.76. The number of benzene rings is 1. The molecule has 0 heterocycles. The third-order valence-corrected chi connectivity index (χ3v) is 2.22. The first-order valence-corrected chi connectivity index (χ1v) is 4.88. The van der Waals surface area contributed by atoms with Crippen molar-refractivity contribution in [1.82, 2.24) is 0 Å². The van der Waals surface area contributed by atoms with Gasteiger partial charge in [-0.25, -0.2) is 4.79 Å². The number of carboxylic acids is 1. The molecule has 3 nitrogen and oxygen atoms in total. The highest BCUT2D eigenvalue weighted by Crippen LogP contribution is 2.25. The van der Waals surface area contributed by atoms with Gasteiger partial charge in [0.25, 0.3) is 0 Å².